The highest BCUT2D eigenvalue weighted by Crippen LogP contribution is 2.26. The highest BCUT2D eigenvalue weighted by atomic mass is 35.5. The maximum atomic E-state index is 5.98. The maximum Gasteiger partial charge on any atom is 0.0931 e. The zero-order valence-corrected chi connectivity index (χ0v) is 12.9. The van der Waals surface area contributed by atoms with E-state index in [4.69, 9.17) is 11.6 Å². The van der Waals surface area contributed by atoms with Crippen molar-refractivity contribution >= 4 is 22.9 Å². The van der Waals surface area contributed by atoms with E-state index < -0.39 is 0 Å². The van der Waals surface area contributed by atoms with E-state index in [1.165, 1.54) is 37.2 Å². The van der Waals surface area contributed by atoms with Crippen molar-refractivity contribution in [2.24, 2.45) is 0 Å². The molecular weight excluding hydrogens is 264 g/mol. The van der Waals surface area contributed by atoms with E-state index in [0.717, 1.165) is 10.9 Å². The quantitative estimate of drug-likeness (QED) is 0.882. The lowest BCUT2D eigenvalue weighted by atomic mass is 10.1. The normalized spacial score (nSPS) is 20.8. The van der Waals surface area contributed by atoms with Crippen LogP contribution in [0.1, 0.15) is 44.0 Å². The predicted octanol–water partition coefficient (Wildman–Crippen LogP) is 3.93. The van der Waals surface area contributed by atoms with Crippen LogP contribution in [0, 0.1) is 0 Å². The molecule has 1 aliphatic heterocycles. The SMILES string of the molecule is CC(CN1CCCCC1)NC(C)c1ccc(Cl)s1. The first-order valence-corrected chi connectivity index (χ1v) is 8.08. The third-order valence-electron chi connectivity index (χ3n) is 3.54. The number of rotatable bonds is 5. The van der Waals surface area contributed by atoms with Crippen LogP contribution in [0.3, 0.4) is 0 Å². The average Bonchev–Trinajstić information content (AvgIpc) is 2.77. The molecule has 1 N–H and O–H groups in total. The monoisotopic (exact) mass is 286 g/mol. The summed E-state index contributed by atoms with van der Waals surface area (Å²) in [6.45, 7) is 8.19. The summed E-state index contributed by atoms with van der Waals surface area (Å²) >= 11 is 7.65. The summed E-state index contributed by atoms with van der Waals surface area (Å²) < 4.78 is 0.877. The number of piperidine rings is 1. The van der Waals surface area contributed by atoms with Crippen LogP contribution >= 0.6 is 22.9 Å². The fourth-order valence-electron chi connectivity index (χ4n) is 2.65. The second kappa shape index (κ2) is 6.90. The minimum atomic E-state index is 0.391. The molecule has 1 saturated heterocycles. The molecule has 0 aliphatic carbocycles. The molecule has 2 rings (SSSR count). The molecule has 1 aliphatic rings. The molecule has 0 saturated carbocycles. The van der Waals surface area contributed by atoms with Gasteiger partial charge in [0, 0.05) is 23.5 Å². The van der Waals surface area contributed by atoms with Gasteiger partial charge in [-0.3, -0.25) is 0 Å². The number of halogens is 1. The summed E-state index contributed by atoms with van der Waals surface area (Å²) in [6, 6.07) is 5.02. The Hall–Kier alpha value is -0.0900. The van der Waals surface area contributed by atoms with Crippen molar-refractivity contribution in [3.8, 4) is 0 Å². The lowest BCUT2D eigenvalue weighted by molar-refractivity contribution is 0.205. The molecule has 102 valence electrons. The standard InChI is InChI=1S/C14H23ClN2S/c1-11(10-17-8-4-3-5-9-17)16-12(2)13-6-7-14(15)18-13/h6-7,11-12,16H,3-5,8-10H2,1-2H3. The molecule has 0 aromatic carbocycles. The number of nitrogens with zero attached hydrogens (tertiary/aromatic N) is 1. The lowest BCUT2D eigenvalue weighted by Gasteiger charge is -2.30. The van der Waals surface area contributed by atoms with Gasteiger partial charge in [-0.25, -0.2) is 0 Å². The Balaban J connectivity index is 1.77. The Morgan fingerprint density at radius 1 is 1.28 bits per heavy atom. The van der Waals surface area contributed by atoms with Gasteiger partial charge in [0.05, 0.1) is 4.34 Å². The highest BCUT2D eigenvalue weighted by molar-refractivity contribution is 7.16. The summed E-state index contributed by atoms with van der Waals surface area (Å²) in [5.74, 6) is 0. The molecule has 1 aromatic heterocycles. The summed E-state index contributed by atoms with van der Waals surface area (Å²) in [7, 11) is 0. The van der Waals surface area contributed by atoms with E-state index in [0.29, 0.717) is 12.1 Å². The number of nitrogens with one attached hydrogen (secondary N) is 1. The van der Waals surface area contributed by atoms with Crippen molar-refractivity contribution in [2.75, 3.05) is 19.6 Å². The Morgan fingerprint density at radius 3 is 2.61 bits per heavy atom. The molecule has 0 radical (unpaired) electrons. The van der Waals surface area contributed by atoms with E-state index in [2.05, 4.69) is 30.1 Å². The zero-order chi connectivity index (χ0) is 13.0. The summed E-state index contributed by atoms with van der Waals surface area (Å²) in [4.78, 5) is 3.90. The van der Waals surface area contributed by atoms with Crippen molar-refractivity contribution < 1.29 is 0 Å². The molecule has 2 heterocycles. The lowest BCUT2D eigenvalue weighted by Crippen LogP contribution is -2.42. The Bertz CT molecular complexity index is 360. The summed E-state index contributed by atoms with van der Waals surface area (Å²) in [5, 5.41) is 3.67. The summed E-state index contributed by atoms with van der Waals surface area (Å²) in [6.07, 6.45) is 4.13. The molecule has 1 aromatic rings. The zero-order valence-electron chi connectivity index (χ0n) is 11.3. The molecule has 0 amide bonds. The second-order valence-electron chi connectivity index (χ2n) is 5.29. The molecule has 0 bridgehead atoms. The van der Waals surface area contributed by atoms with Crippen LogP contribution in [0.4, 0.5) is 0 Å². The van der Waals surface area contributed by atoms with Gasteiger partial charge < -0.3 is 10.2 Å². The Labute approximate surface area is 119 Å². The number of hydrogen-bond acceptors (Lipinski definition) is 3. The van der Waals surface area contributed by atoms with Gasteiger partial charge >= 0.3 is 0 Å². The van der Waals surface area contributed by atoms with Gasteiger partial charge in [0.1, 0.15) is 0 Å². The first kappa shape index (κ1) is 14.3. The largest absolute Gasteiger partial charge is 0.306 e. The Kier molecular flexibility index (Phi) is 5.49. The minimum Gasteiger partial charge on any atom is -0.306 e. The number of thiophene rings is 1. The fraction of sp³-hybridized carbons (Fsp3) is 0.714. The van der Waals surface area contributed by atoms with Crippen LogP contribution in [0.2, 0.25) is 4.34 Å². The van der Waals surface area contributed by atoms with Crippen molar-refractivity contribution in [1.82, 2.24) is 10.2 Å². The number of likely N-dealkylation sites (tertiary alicyclic amines) is 1. The molecule has 4 heteroatoms. The molecule has 0 spiro atoms. The first-order valence-electron chi connectivity index (χ1n) is 6.89. The molecule has 2 nitrogen and oxygen atoms in total. The van der Waals surface area contributed by atoms with Crippen LogP contribution in [-0.4, -0.2) is 30.6 Å². The van der Waals surface area contributed by atoms with Gasteiger partial charge in [0.2, 0.25) is 0 Å². The van der Waals surface area contributed by atoms with Crippen LogP contribution in [0.25, 0.3) is 0 Å². The third-order valence-corrected chi connectivity index (χ3v) is 4.95. The predicted molar refractivity (Wildman–Crippen MR) is 80.6 cm³/mol. The molecule has 2 atom stereocenters. The topological polar surface area (TPSA) is 15.3 Å². The third kappa shape index (κ3) is 4.23. The molecule has 1 fully saturated rings. The van der Waals surface area contributed by atoms with Crippen LogP contribution in [0.5, 0.6) is 0 Å². The van der Waals surface area contributed by atoms with Crippen molar-refractivity contribution in [2.45, 2.75) is 45.2 Å². The van der Waals surface area contributed by atoms with Crippen LogP contribution in [0.15, 0.2) is 12.1 Å². The summed E-state index contributed by atoms with van der Waals surface area (Å²) in [5.41, 5.74) is 0. The van der Waals surface area contributed by atoms with Gasteiger partial charge in [0.25, 0.3) is 0 Å². The van der Waals surface area contributed by atoms with Crippen LogP contribution < -0.4 is 5.32 Å². The van der Waals surface area contributed by atoms with Gasteiger partial charge in [-0.05, 0) is 51.9 Å². The Morgan fingerprint density at radius 2 is 2.00 bits per heavy atom. The van der Waals surface area contributed by atoms with Gasteiger partial charge in [-0.15, -0.1) is 11.3 Å². The van der Waals surface area contributed by atoms with E-state index >= 15 is 0 Å². The second-order valence-corrected chi connectivity index (χ2v) is 7.04. The van der Waals surface area contributed by atoms with E-state index in [1.807, 2.05) is 6.07 Å². The van der Waals surface area contributed by atoms with Crippen molar-refractivity contribution in [3.63, 3.8) is 0 Å². The van der Waals surface area contributed by atoms with E-state index in [9.17, 15) is 0 Å². The van der Waals surface area contributed by atoms with Gasteiger partial charge in [-0.1, -0.05) is 18.0 Å². The number of hydrogen-bond donors (Lipinski definition) is 1. The van der Waals surface area contributed by atoms with Crippen molar-refractivity contribution in [1.29, 1.82) is 0 Å². The van der Waals surface area contributed by atoms with Gasteiger partial charge in [0.15, 0.2) is 0 Å². The first-order chi connectivity index (χ1) is 8.65. The molecule has 2 unspecified atom stereocenters. The minimum absolute atomic E-state index is 0.391. The van der Waals surface area contributed by atoms with Gasteiger partial charge in [-0.2, -0.15) is 0 Å². The van der Waals surface area contributed by atoms with Crippen molar-refractivity contribution in [3.05, 3.63) is 21.3 Å². The maximum absolute atomic E-state index is 5.98. The smallest absolute Gasteiger partial charge is 0.0931 e. The van der Waals surface area contributed by atoms with E-state index in [-0.39, 0.29) is 0 Å². The molecular formula is C14H23ClN2S. The fourth-order valence-corrected chi connectivity index (χ4v) is 3.72. The average molecular weight is 287 g/mol. The van der Waals surface area contributed by atoms with Crippen LogP contribution in [-0.2, 0) is 0 Å². The highest BCUT2D eigenvalue weighted by Gasteiger charge is 2.16. The van der Waals surface area contributed by atoms with E-state index in [1.54, 1.807) is 11.3 Å². The molecule has 18 heavy (non-hydrogen) atoms.